The Bertz CT molecular complexity index is 975. The fraction of sp³-hybridized carbons (Fsp3) is 0.348. The molecule has 5 heteroatoms. The second kappa shape index (κ2) is 8.07. The first-order valence-electron chi connectivity index (χ1n) is 9.69. The highest BCUT2D eigenvalue weighted by Gasteiger charge is 2.22. The molecule has 3 aromatic rings. The summed E-state index contributed by atoms with van der Waals surface area (Å²) in [7, 11) is 3.38. The third-order valence-corrected chi connectivity index (χ3v) is 5.49. The summed E-state index contributed by atoms with van der Waals surface area (Å²) in [6.45, 7) is 2.94. The smallest absolute Gasteiger partial charge is 0.227 e. The van der Waals surface area contributed by atoms with Gasteiger partial charge in [0.15, 0.2) is 0 Å². The van der Waals surface area contributed by atoms with Gasteiger partial charge in [0, 0.05) is 43.8 Å². The number of nitrogens with zero attached hydrogens (tertiary/aromatic N) is 2. The van der Waals surface area contributed by atoms with E-state index in [1.165, 1.54) is 22.0 Å². The van der Waals surface area contributed by atoms with E-state index >= 15 is 0 Å². The molecule has 0 fully saturated rings. The number of carbonyl (C=O) groups excluding carboxylic acids is 1. The Morgan fingerprint density at radius 1 is 1.07 bits per heavy atom. The highest BCUT2D eigenvalue weighted by molar-refractivity contribution is 5.89. The number of aromatic nitrogens is 1. The third kappa shape index (κ3) is 3.62. The molecule has 0 unspecified atom stereocenters. The molecule has 0 spiro atoms. The van der Waals surface area contributed by atoms with E-state index in [4.69, 9.17) is 9.47 Å². The SMILES string of the molecule is COCCn1cc2c3c(cccc31)CN(C(=O)Cc1ccc(OC)cc1)CC2. The van der Waals surface area contributed by atoms with E-state index in [0.29, 0.717) is 19.6 Å². The molecular weight excluding hydrogens is 352 g/mol. The number of benzene rings is 2. The lowest BCUT2D eigenvalue weighted by molar-refractivity contribution is -0.131. The molecule has 0 saturated heterocycles. The van der Waals surface area contributed by atoms with Crippen molar-refractivity contribution < 1.29 is 14.3 Å². The lowest BCUT2D eigenvalue weighted by Gasteiger charge is -2.21. The number of hydrogen-bond acceptors (Lipinski definition) is 3. The van der Waals surface area contributed by atoms with Crippen LogP contribution in [0.15, 0.2) is 48.7 Å². The summed E-state index contributed by atoms with van der Waals surface area (Å²) < 4.78 is 12.7. The van der Waals surface area contributed by atoms with Gasteiger partial charge >= 0.3 is 0 Å². The fourth-order valence-electron chi connectivity index (χ4n) is 4.00. The number of methoxy groups -OCH3 is 2. The molecule has 1 aromatic heterocycles. The maximum Gasteiger partial charge on any atom is 0.227 e. The Balaban J connectivity index is 1.54. The standard InChI is InChI=1S/C23H26N2O3/c1-27-13-12-24-15-19-10-11-25(16-18-4-3-5-21(24)23(18)19)22(26)14-17-6-8-20(28-2)9-7-17/h3-9,15H,10-14,16H2,1-2H3. The largest absolute Gasteiger partial charge is 0.497 e. The van der Waals surface area contributed by atoms with Crippen molar-refractivity contribution >= 4 is 16.8 Å². The minimum atomic E-state index is 0.166. The highest BCUT2D eigenvalue weighted by Crippen LogP contribution is 2.29. The van der Waals surface area contributed by atoms with Crippen LogP contribution in [0.2, 0.25) is 0 Å². The predicted octanol–water partition coefficient (Wildman–Crippen LogP) is 3.42. The van der Waals surface area contributed by atoms with Crippen LogP contribution in [-0.2, 0) is 35.5 Å². The van der Waals surface area contributed by atoms with Gasteiger partial charge in [-0.3, -0.25) is 4.79 Å². The summed E-state index contributed by atoms with van der Waals surface area (Å²) in [5.41, 5.74) is 4.79. The summed E-state index contributed by atoms with van der Waals surface area (Å²) >= 11 is 0. The van der Waals surface area contributed by atoms with E-state index in [1.807, 2.05) is 29.2 Å². The van der Waals surface area contributed by atoms with Gasteiger partial charge in [-0.2, -0.15) is 0 Å². The summed E-state index contributed by atoms with van der Waals surface area (Å²) in [5.74, 6) is 0.974. The molecule has 1 aliphatic rings. The van der Waals surface area contributed by atoms with Gasteiger partial charge in [0.1, 0.15) is 5.75 Å². The Morgan fingerprint density at radius 2 is 1.89 bits per heavy atom. The predicted molar refractivity (Wildman–Crippen MR) is 110 cm³/mol. The summed E-state index contributed by atoms with van der Waals surface area (Å²) in [6.07, 6.45) is 3.52. The number of ether oxygens (including phenoxy) is 2. The van der Waals surface area contributed by atoms with Crippen molar-refractivity contribution in [2.24, 2.45) is 0 Å². The lowest BCUT2D eigenvalue weighted by atomic mass is 10.1. The van der Waals surface area contributed by atoms with Crippen molar-refractivity contribution in [1.29, 1.82) is 0 Å². The molecule has 1 aliphatic heterocycles. The van der Waals surface area contributed by atoms with Gasteiger partial charge in [-0.25, -0.2) is 0 Å². The molecule has 2 heterocycles. The second-order valence-corrected chi connectivity index (χ2v) is 7.24. The minimum Gasteiger partial charge on any atom is -0.497 e. The Labute approximate surface area is 165 Å². The molecule has 1 amide bonds. The van der Waals surface area contributed by atoms with Crippen LogP contribution in [0, 0.1) is 0 Å². The van der Waals surface area contributed by atoms with Crippen molar-refractivity contribution in [3.8, 4) is 5.75 Å². The Morgan fingerprint density at radius 3 is 2.64 bits per heavy atom. The Hall–Kier alpha value is -2.79. The zero-order chi connectivity index (χ0) is 19.5. The molecule has 0 radical (unpaired) electrons. The van der Waals surface area contributed by atoms with Crippen molar-refractivity contribution in [2.45, 2.75) is 25.9 Å². The molecule has 0 aliphatic carbocycles. The van der Waals surface area contributed by atoms with E-state index in [9.17, 15) is 4.79 Å². The quantitative estimate of drug-likeness (QED) is 0.660. The molecule has 0 N–H and O–H groups in total. The van der Waals surface area contributed by atoms with E-state index < -0.39 is 0 Å². The monoisotopic (exact) mass is 378 g/mol. The lowest BCUT2D eigenvalue weighted by Crippen LogP contribution is -2.32. The van der Waals surface area contributed by atoms with E-state index in [-0.39, 0.29) is 5.91 Å². The van der Waals surface area contributed by atoms with Crippen LogP contribution in [0.1, 0.15) is 16.7 Å². The average molecular weight is 378 g/mol. The maximum absolute atomic E-state index is 12.9. The molecule has 0 saturated carbocycles. The molecule has 146 valence electrons. The van der Waals surface area contributed by atoms with Gasteiger partial charge in [-0.15, -0.1) is 0 Å². The van der Waals surface area contributed by atoms with E-state index in [1.54, 1.807) is 14.2 Å². The molecule has 5 nitrogen and oxygen atoms in total. The number of carbonyl (C=O) groups is 1. The maximum atomic E-state index is 12.9. The number of hydrogen-bond donors (Lipinski definition) is 0. The summed E-state index contributed by atoms with van der Waals surface area (Å²) in [4.78, 5) is 14.9. The zero-order valence-corrected chi connectivity index (χ0v) is 16.5. The van der Waals surface area contributed by atoms with Crippen LogP contribution in [0.5, 0.6) is 5.75 Å². The molecule has 2 aromatic carbocycles. The first kappa shape index (κ1) is 18.6. The average Bonchev–Trinajstić information content (AvgIpc) is 2.96. The normalized spacial score (nSPS) is 13.6. The molecule has 0 atom stereocenters. The van der Waals surface area contributed by atoms with Crippen LogP contribution in [-0.4, -0.2) is 42.7 Å². The van der Waals surface area contributed by atoms with Crippen molar-refractivity contribution in [1.82, 2.24) is 9.47 Å². The van der Waals surface area contributed by atoms with Crippen LogP contribution < -0.4 is 4.74 Å². The highest BCUT2D eigenvalue weighted by atomic mass is 16.5. The molecular formula is C23H26N2O3. The second-order valence-electron chi connectivity index (χ2n) is 7.24. The topological polar surface area (TPSA) is 43.7 Å². The molecule has 28 heavy (non-hydrogen) atoms. The van der Waals surface area contributed by atoms with E-state index in [2.05, 4.69) is 29.0 Å². The zero-order valence-electron chi connectivity index (χ0n) is 16.5. The van der Waals surface area contributed by atoms with Gasteiger partial charge in [-0.05, 0) is 41.3 Å². The van der Waals surface area contributed by atoms with Crippen molar-refractivity contribution in [2.75, 3.05) is 27.4 Å². The van der Waals surface area contributed by atoms with E-state index in [0.717, 1.165) is 30.8 Å². The Kier molecular flexibility index (Phi) is 5.35. The number of amides is 1. The van der Waals surface area contributed by atoms with Gasteiger partial charge in [0.2, 0.25) is 5.91 Å². The van der Waals surface area contributed by atoms with Gasteiger partial charge < -0.3 is 18.9 Å². The van der Waals surface area contributed by atoms with Gasteiger partial charge in [-0.1, -0.05) is 24.3 Å². The number of rotatable bonds is 6. The van der Waals surface area contributed by atoms with Crippen LogP contribution in [0.4, 0.5) is 0 Å². The van der Waals surface area contributed by atoms with Crippen molar-refractivity contribution in [3.05, 3.63) is 65.4 Å². The first-order valence-corrected chi connectivity index (χ1v) is 9.69. The van der Waals surface area contributed by atoms with Crippen LogP contribution >= 0.6 is 0 Å². The fourth-order valence-corrected chi connectivity index (χ4v) is 4.00. The minimum absolute atomic E-state index is 0.166. The van der Waals surface area contributed by atoms with Crippen molar-refractivity contribution in [3.63, 3.8) is 0 Å². The van der Waals surface area contributed by atoms with Crippen LogP contribution in [0.3, 0.4) is 0 Å². The first-order chi connectivity index (χ1) is 13.7. The molecule has 0 bridgehead atoms. The summed E-state index contributed by atoms with van der Waals surface area (Å²) in [5, 5.41) is 1.30. The third-order valence-electron chi connectivity index (χ3n) is 5.49. The van der Waals surface area contributed by atoms with Crippen LogP contribution in [0.25, 0.3) is 10.9 Å². The van der Waals surface area contributed by atoms with Gasteiger partial charge in [0.05, 0.1) is 20.1 Å². The molecule has 4 rings (SSSR count). The summed E-state index contributed by atoms with van der Waals surface area (Å²) in [6, 6.07) is 14.1. The van der Waals surface area contributed by atoms with Gasteiger partial charge in [0.25, 0.3) is 0 Å².